The molecule has 2 atom stereocenters. The third-order valence-electron chi connectivity index (χ3n) is 18.5. The van der Waals surface area contributed by atoms with Crippen LogP contribution in [0.2, 0.25) is 0 Å². The fourth-order valence-corrected chi connectivity index (χ4v) is 13.9. The van der Waals surface area contributed by atoms with Crippen molar-refractivity contribution in [1.82, 2.24) is 50.4 Å². The molecule has 16 nitrogen and oxygen atoms in total. The van der Waals surface area contributed by atoms with Crippen LogP contribution < -0.4 is 19.6 Å². The number of benzene rings is 4. The highest BCUT2D eigenvalue weighted by molar-refractivity contribution is 5.83. The van der Waals surface area contributed by atoms with Gasteiger partial charge in [-0.05, 0) is 177 Å². The fourth-order valence-electron chi connectivity index (χ4n) is 13.9. The van der Waals surface area contributed by atoms with E-state index in [4.69, 9.17) is 9.97 Å². The van der Waals surface area contributed by atoms with Gasteiger partial charge in [0.1, 0.15) is 17.9 Å². The van der Waals surface area contributed by atoms with Crippen LogP contribution in [0.5, 0.6) is 0 Å². The molecule has 0 unspecified atom stereocenters. The number of alkyl halides is 12. The van der Waals surface area contributed by atoms with Gasteiger partial charge in [-0.3, -0.25) is 0 Å². The third kappa shape index (κ3) is 15.7. The van der Waals surface area contributed by atoms with Crippen molar-refractivity contribution in [2.24, 2.45) is 37.8 Å². The summed E-state index contributed by atoms with van der Waals surface area (Å²) in [5.41, 5.74) is -5.15. The molecule has 32 heteroatoms. The number of hydrogen-bond acceptors (Lipinski definition) is 14. The number of aryl methyl sites for hydroxylation is 2. The minimum absolute atomic E-state index is 0.00470. The Balaban J connectivity index is 0.000000195. The molecule has 0 spiro atoms. The van der Waals surface area contributed by atoms with Crippen LogP contribution in [0.3, 0.4) is 0 Å². The number of carbonyl (C=O) groups excluding carboxylic acids is 1. The van der Waals surface area contributed by atoms with Crippen LogP contribution in [-0.4, -0.2) is 93.6 Å². The van der Waals surface area contributed by atoms with Crippen molar-refractivity contribution in [3.63, 3.8) is 0 Å². The summed E-state index contributed by atoms with van der Waals surface area (Å²) in [6.45, 7) is 0.0473. The lowest BCUT2D eigenvalue weighted by atomic mass is 9.78. The lowest BCUT2D eigenvalue weighted by Crippen LogP contribution is -2.39. The second-order valence-electron chi connectivity index (χ2n) is 25.1. The topological polar surface area (TPSA) is 163 Å². The van der Waals surface area contributed by atoms with Crippen molar-refractivity contribution in [3.05, 3.63) is 141 Å². The molecule has 8 aromatic rings. The Morgan fingerprint density at radius 3 is 1.18 bits per heavy atom. The van der Waals surface area contributed by atoms with Gasteiger partial charge in [0.2, 0.25) is 0 Å². The van der Waals surface area contributed by atoms with Crippen LogP contribution in [0.25, 0.3) is 21.8 Å². The van der Waals surface area contributed by atoms with Crippen LogP contribution in [0, 0.1) is 46.9 Å². The molecule has 4 aromatic heterocycles. The number of aliphatic hydroxyl groups is 1. The van der Waals surface area contributed by atoms with Crippen molar-refractivity contribution in [2.75, 3.05) is 39.3 Å². The Morgan fingerprint density at radius 1 is 0.479 bits per heavy atom. The maximum absolute atomic E-state index is 14.4. The molecular formula is C64H64F16N14O2. The number of anilines is 4. The molecule has 4 aliphatic rings. The predicted molar refractivity (Wildman–Crippen MR) is 318 cm³/mol. The number of carbonyl (C=O) groups is 1. The van der Waals surface area contributed by atoms with Gasteiger partial charge in [-0.1, -0.05) is 10.2 Å². The standard InChI is InChI=1S/C32H33F8N7O.C32H31F8N7O/c2*1-45-43-30(42-44-45)46(15-19-9-23(31(35,36)37)13-24(10-19)32(38,39)40)16-22-11-21-12-25(33)26(34)14-27(21)41-29(22)47-8-2-3-28(47)20-6-4-18(17-48)5-7-20/h9-14,18,20,28,48H,2-8,15-17H2,1H3;9-14,17-18,20,28H,2-8,15-16H2,1H3/t2*18?,20?,28-/m11/s1. The molecule has 514 valence electrons. The zero-order chi connectivity index (χ0) is 68.8. The minimum Gasteiger partial charge on any atom is -0.396 e. The summed E-state index contributed by atoms with van der Waals surface area (Å²) in [6, 6.07) is 9.95. The zero-order valence-electron chi connectivity index (χ0n) is 51.6. The normalized spacial score (nSPS) is 20.5. The molecule has 4 aromatic carbocycles. The average Bonchev–Trinajstić information content (AvgIpc) is 1.44. The van der Waals surface area contributed by atoms with Gasteiger partial charge < -0.3 is 29.5 Å². The minimum atomic E-state index is -5.05. The Bertz CT molecular complexity index is 4020. The van der Waals surface area contributed by atoms with Crippen LogP contribution in [0.1, 0.15) is 122 Å². The molecule has 2 aliphatic carbocycles. The second-order valence-corrected chi connectivity index (χ2v) is 25.1. The van der Waals surface area contributed by atoms with E-state index < -0.39 is 83.3 Å². The van der Waals surface area contributed by atoms with E-state index in [9.17, 15) is 80.1 Å². The summed E-state index contributed by atoms with van der Waals surface area (Å²) in [4.78, 5) is 30.1. The first-order valence-corrected chi connectivity index (χ1v) is 31.1. The lowest BCUT2D eigenvalue weighted by molar-refractivity contribution is -0.144. The second kappa shape index (κ2) is 27.6. The van der Waals surface area contributed by atoms with Crippen molar-refractivity contribution in [3.8, 4) is 0 Å². The Kier molecular flexibility index (Phi) is 19.8. The molecule has 12 rings (SSSR count). The Morgan fingerprint density at radius 2 is 0.844 bits per heavy atom. The first kappa shape index (κ1) is 68.9. The number of tetrazole rings is 2. The monoisotopic (exact) mass is 1360 g/mol. The smallest absolute Gasteiger partial charge is 0.396 e. The summed E-state index contributed by atoms with van der Waals surface area (Å²) in [6.07, 6.45) is -9.19. The van der Waals surface area contributed by atoms with Gasteiger partial charge in [0.05, 0.1) is 47.4 Å². The first-order chi connectivity index (χ1) is 45.4. The summed E-state index contributed by atoms with van der Waals surface area (Å²) in [5.74, 6) is -2.86. The van der Waals surface area contributed by atoms with E-state index >= 15 is 0 Å². The van der Waals surface area contributed by atoms with Crippen LogP contribution >= 0.6 is 0 Å². The maximum Gasteiger partial charge on any atom is 0.416 e. The van der Waals surface area contributed by atoms with Gasteiger partial charge in [-0.2, -0.15) is 62.3 Å². The fraction of sp³-hybridized carbons (Fsp3) is 0.484. The molecule has 1 N–H and O–H groups in total. The molecule has 4 fully saturated rings. The number of halogens is 16. The van der Waals surface area contributed by atoms with E-state index in [1.807, 2.05) is 0 Å². The summed E-state index contributed by atoms with van der Waals surface area (Å²) < 4.78 is 222. The predicted octanol–water partition coefficient (Wildman–Crippen LogP) is 14.3. The maximum atomic E-state index is 14.4. The zero-order valence-corrected chi connectivity index (χ0v) is 51.6. The summed E-state index contributed by atoms with van der Waals surface area (Å²) in [7, 11) is 2.91. The largest absolute Gasteiger partial charge is 0.416 e. The highest BCUT2D eigenvalue weighted by atomic mass is 19.4. The molecule has 0 bridgehead atoms. The number of fused-ring (bicyclic) bond motifs is 2. The number of rotatable bonds is 16. The Hall–Kier alpha value is -8.45. The molecule has 0 amide bonds. The SMILES string of the molecule is Cn1nnc(N(Cc2cc(C(F)(F)F)cc(C(F)(F)F)c2)Cc2cc3cc(F)c(F)cc3nc2N2CCC[C@@H]2C2CCC(C=O)CC2)n1.Cn1nnc(N(Cc2cc(C(F)(F)F)cc(C(F)(F)F)c2)Cc2cc3cc(F)c(F)cc3nc2N2CCC[C@@H]2C2CCC(CO)CC2)n1. The summed E-state index contributed by atoms with van der Waals surface area (Å²) >= 11 is 0. The third-order valence-corrected chi connectivity index (χ3v) is 18.5. The summed E-state index contributed by atoms with van der Waals surface area (Å²) in [5, 5.41) is 34.1. The molecular weight excluding hydrogens is 1300 g/mol. The number of aldehydes is 1. The van der Waals surface area contributed by atoms with Crippen molar-refractivity contribution >= 4 is 51.6 Å². The van der Waals surface area contributed by atoms with Crippen molar-refractivity contribution in [2.45, 2.75) is 140 Å². The van der Waals surface area contributed by atoms with E-state index in [2.05, 4.69) is 40.6 Å². The van der Waals surface area contributed by atoms with E-state index in [0.29, 0.717) is 60.1 Å². The van der Waals surface area contributed by atoms with Crippen LogP contribution in [0.15, 0.2) is 72.8 Å². The van der Waals surface area contributed by atoms with Gasteiger partial charge in [-0.15, -0.1) is 10.2 Å². The molecule has 6 heterocycles. The van der Waals surface area contributed by atoms with E-state index in [0.717, 1.165) is 117 Å². The first-order valence-electron chi connectivity index (χ1n) is 31.1. The molecule has 0 radical (unpaired) electrons. The molecule has 96 heavy (non-hydrogen) atoms. The van der Waals surface area contributed by atoms with Crippen molar-refractivity contribution in [1.29, 1.82) is 0 Å². The number of aliphatic hydroxyl groups excluding tert-OH is 1. The van der Waals surface area contributed by atoms with E-state index in [1.54, 1.807) is 12.1 Å². The highest BCUT2D eigenvalue weighted by Gasteiger charge is 2.42. The van der Waals surface area contributed by atoms with Gasteiger partial charge in [-0.25, -0.2) is 27.5 Å². The number of pyridine rings is 2. The number of nitrogens with zero attached hydrogens (tertiary/aromatic N) is 14. The lowest BCUT2D eigenvalue weighted by Gasteiger charge is -2.37. The molecule has 2 saturated carbocycles. The number of aromatic nitrogens is 10. The van der Waals surface area contributed by atoms with Crippen LogP contribution in [0.4, 0.5) is 93.8 Å². The van der Waals surface area contributed by atoms with E-state index in [1.165, 1.54) is 23.9 Å². The van der Waals surface area contributed by atoms with Gasteiger partial charge in [0, 0.05) is 97.9 Å². The van der Waals surface area contributed by atoms with E-state index in [-0.39, 0.29) is 112 Å². The average molecular weight is 1370 g/mol. The molecule has 2 aliphatic heterocycles. The van der Waals surface area contributed by atoms with Gasteiger partial charge in [0.25, 0.3) is 11.9 Å². The highest BCUT2D eigenvalue weighted by Crippen LogP contribution is 2.44. The molecule has 2 saturated heterocycles. The quantitative estimate of drug-likeness (QED) is 0.0718. The van der Waals surface area contributed by atoms with Crippen LogP contribution in [-0.2, 0) is 69.8 Å². The van der Waals surface area contributed by atoms with Gasteiger partial charge >= 0.3 is 24.7 Å². The van der Waals surface area contributed by atoms with Gasteiger partial charge in [0.15, 0.2) is 23.3 Å². The number of hydrogen-bond donors (Lipinski definition) is 1. The van der Waals surface area contributed by atoms with Crippen molar-refractivity contribution < 1.29 is 80.1 Å². The Labute approximate surface area is 538 Å².